The Labute approximate surface area is 143 Å². The van der Waals surface area contributed by atoms with E-state index in [-0.39, 0.29) is 17.2 Å². The Bertz CT molecular complexity index is 645. The van der Waals surface area contributed by atoms with Crippen molar-refractivity contribution < 1.29 is 9.59 Å². The molecule has 1 aromatic carbocycles. The highest BCUT2D eigenvalue weighted by Crippen LogP contribution is 2.60. The highest BCUT2D eigenvalue weighted by atomic mass is 16.2. The van der Waals surface area contributed by atoms with Gasteiger partial charge >= 0.3 is 0 Å². The lowest BCUT2D eigenvalue weighted by Crippen LogP contribution is -2.51. The van der Waals surface area contributed by atoms with Crippen molar-refractivity contribution in [2.24, 2.45) is 23.2 Å². The van der Waals surface area contributed by atoms with Crippen LogP contribution in [0.1, 0.15) is 48.9 Å². The molecule has 5 rings (SSSR count). The molecule has 4 fully saturated rings. The largest absolute Gasteiger partial charge is 0.345 e. The Morgan fingerprint density at radius 2 is 1.54 bits per heavy atom. The first kappa shape index (κ1) is 15.7. The average Bonchev–Trinajstić information content (AvgIpc) is 2.53. The fraction of sp³-hybridized carbons (Fsp3) is 0.600. The van der Waals surface area contributed by atoms with Crippen molar-refractivity contribution in [2.45, 2.75) is 38.5 Å². The molecule has 4 bridgehead atoms. The van der Waals surface area contributed by atoms with Crippen LogP contribution in [0.5, 0.6) is 0 Å². The van der Waals surface area contributed by atoms with Gasteiger partial charge < -0.3 is 10.2 Å². The normalized spacial score (nSPS) is 33.3. The van der Waals surface area contributed by atoms with Crippen molar-refractivity contribution in [3.8, 4) is 0 Å². The van der Waals surface area contributed by atoms with Gasteiger partial charge in [-0.05, 0) is 68.4 Å². The number of anilines is 1. The number of para-hydroxylation sites is 1. The molecule has 4 aliphatic carbocycles. The highest BCUT2D eigenvalue weighted by molar-refractivity contribution is 6.04. The third-order valence-electron chi connectivity index (χ3n) is 6.33. The molecular formula is C20H26N2O2. The van der Waals surface area contributed by atoms with E-state index in [1.165, 1.54) is 19.3 Å². The molecule has 0 aliphatic heterocycles. The lowest BCUT2D eigenvalue weighted by molar-refractivity contribution is -0.140. The molecule has 4 nitrogen and oxygen atoms in total. The Morgan fingerprint density at radius 1 is 1.00 bits per heavy atom. The Kier molecular flexibility index (Phi) is 3.66. The van der Waals surface area contributed by atoms with Crippen LogP contribution in [0.25, 0.3) is 0 Å². The van der Waals surface area contributed by atoms with Crippen molar-refractivity contribution in [1.82, 2.24) is 4.90 Å². The topological polar surface area (TPSA) is 49.4 Å². The second kappa shape index (κ2) is 5.61. The van der Waals surface area contributed by atoms with Crippen LogP contribution in [0.3, 0.4) is 0 Å². The van der Waals surface area contributed by atoms with Crippen LogP contribution in [0.15, 0.2) is 24.3 Å². The number of rotatable bonds is 3. The fourth-order valence-corrected chi connectivity index (χ4v) is 5.66. The number of nitrogens with zero attached hydrogens (tertiary/aromatic N) is 1. The molecule has 0 aromatic heterocycles. The van der Waals surface area contributed by atoms with E-state index in [9.17, 15) is 9.59 Å². The Hall–Kier alpha value is -1.84. The minimum atomic E-state index is -0.191. The van der Waals surface area contributed by atoms with Crippen molar-refractivity contribution in [1.29, 1.82) is 0 Å². The number of carbonyl (C=O) groups excluding carboxylic acids is 2. The quantitative estimate of drug-likeness (QED) is 0.923. The zero-order chi connectivity index (χ0) is 16.9. The summed E-state index contributed by atoms with van der Waals surface area (Å²) in [4.78, 5) is 27.1. The van der Waals surface area contributed by atoms with Crippen LogP contribution in [0.4, 0.5) is 5.69 Å². The molecule has 24 heavy (non-hydrogen) atoms. The van der Waals surface area contributed by atoms with Crippen molar-refractivity contribution >= 4 is 17.5 Å². The van der Waals surface area contributed by atoms with Gasteiger partial charge in [0.15, 0.2) is 0 Å². The van der Waals surface area contributed by atoms with Gasteiger partial charge in [0.25, 0.3) is 5.91 Å². The first-order chi connectivity index (χ1) is 11.5. The summed E-state index contributed by atoms with van der Waals surface area (Å²) in [5, 5.41) is 3.12. The van der Waals surface area contributed by atoms with Gasteiger partial charge in [0.1, 0.15) is 0 Å². The maximum Gasteiger partial charge on any atom is 0.255 e. The van der Waals surface area contributed by atoms with E-state index >= 15 is 0 Å². The summed E-state index contributed by atoms with van der Waals surface area (Å²) in [6, 6.07) is 7.35. The molecule has 4 aliphatic rings. The third-order valence-corrected chi connectivity index (χ3v) is 6.33. The smallest absolute Gasteiger partial charge is 0.255 e. The Balaban J connectivity index is 1.58. The summed E-state index contributed by atoms with van der Waals surface area (Å²) in [6.07, 6.45) is 7.07. The number of hydrogen-bond acceptors (Lipinski definition) is 2. The molecule has 0 spiro atoms. The van der Waals surface area contributed by atoms with E-state index in [0.29, 0.717) is 11.3 Å². The number of benzene rings is 1. The minimum Gasteiger partial charge on any atom is -0.345 e. The van der Waals surface area contributed by atoms with Gasteiger partial charge in [-0.1, -0.05) is 12.1 Å². The zero-order valence-electron chi connectivity index (χ0n) is 14.5. The molecule has 0 radical (unpaired) electrons. The SMILES string of the molecule is CN(C)C(=O)c1ccccc1NC(=O)C12CC3CC(CC(C3)C1)C2. The van der Waals surface area contributed by atoms with E-state index in [4.69, 9.17) is 0 Å². The molecule has 0 heterocycles. The van der Waals surface area contributed by atoms with Crippen molar-refractivity contribution in [3.63, 3.8) is 0 Å². The van der Waals surface area contributed by atoms with Crippen molar-refractivity contribution in [3.05, 3.63) is 29.8 Å². The molecule has 2 amide bonds. The summed E-state index contributed by atoms with van der Waals surface area (Å²) in [5.74, 6) is 2.28. The van der Waals surface area contributed by atoms with E-state index in [0.717, 1.165) is 37.0 Å². The number of carbonyl (C=O) groups is 2. The minimum absolute atomic E-state index is 0.0728. The van der Waals surface area contributed by atoms with Crippen molar-refractivity contribution in [2.75, 3.05) is 19.4 Å². The molecule has 1 N–H and O–H groups in total. The second-order valence-electron chi connectivity index (χ2n) is 8.40. The van der Waals surface area contributed by atoms with Crippen LogP contribution in [0.2, 0.25) is 0 Å². The first-order valence-corrected chi connectivity index (χ1v) is 9.09. The van der Waals surface area contributed by atoms with Gasteiger partial charge in [0.05, 0.1) is 16.7 Å². The molecule has 4 heteroatoms. The lowest BCUT2D eigenvalue weighted by Gasteiger charge is -2.55. The van der Waals surface area contributed by atoms with Crippen LogP contribution >= 0.6 is 0 Å². The van der Waals surface area contributed by atoms with Gasteiger partial charge in [0, 0.05) is 14.1 Å². The van der Waals surface area contributed by atoms with Crippen LogP contribution < -0.4 is 5.32 Å². The number of nitrogens with one attached hydrogen (secondary N) is 1. The van der Waals surface area contributed by atoms with E-state index < -0.39 is 0 Å². The monoisotopic (exact) mass is 326 g/mol. The number of hydrogen-bond donors (Lipinski definition) is 1. The number of amides is 2. The van der Waals surface area contributed by atoms with E-state index in [1.807, 2.05) is 18.2 Å². The summed E-state index contributed by atoms with van der Waals surface area (Å²) >= 11 is 0. The van der Waals surface area contributed by atoms with Gasteiger partial charge in [-0.15, -0.1) is 0 Å². The predicted molar refractivity (Wildman–Crippen MR) is 93.7 cm³/mol. The zero-order valence-corrected chi connectivity index (χ0v) is 14.5. The maximum absolute atomic E-state index is 13.2. The van der Waals surface area contributed by atoms with Gasteiger partial charge in [-0.3, -0.25) is 9.59 Å². The molecule has 0 unspecified atom stereocenters. The van der Waals surface area contributed by atoms with Gasteiger partial charge in [-0.2, -0.15) is 0 Å². The fourth-order valence-electron chi connectivity index (χ4n) is 5.66. The average molecular weight is 326 g/mol. The molecule has 1 aromatic rings. The molecule has 4 saturated carbocycles. The first-order valence-electron chi connectivity index (χ1n) is 9.09. The van der Waals surface area contributed by atoms with Crippen LogP contribution in [-0.4, -0.2) is 30.8 Å². The molecule has 128 valence electrons. The summed E-state index contributed by atoms with van der Waals surface area (Å²) in [7, 11) is 3.47. The van der Waals surface area contributed by atoms with Crippen LogP contribution in [0, 0.1) is 23.2 Å². The summed E-state index contributed by atoms with van der Waals surface area (Å²) in [5.41, 5.74) is 1.03. The highest BCUT2D eigenvalue weighted by Gasteiger charge is 2.54. The molecule has 0 atom stereocenters. The van der Waals surface area contributed by atoms with Crippen LogP contribution in [-0.2, 0) is 4.79 Å². The van der Waals surface area contributed by atoms with E-state index in [2.05, 4.69) is 5.32 Å². The standard InChI is InChI=1S/C20H26N2O2/c1-22(2)18(23)16-5-3-4-6-17(16)21-19(24)20-10-13-7-14(11-20)9-15(8-13)12-20/h3-6,13-15H,7-12H2,1-2H3,(H,21,24). The maximum atomic E-state index is 13.2. The third kappa shape index (κ3) is 2.52. The molecular weight excluding hydrogens is 300 g/mol. The predicted octanol–water partition coefficient (Wildman–Crippen LogP) is 3.54. The second-order valence-corrected chi connectivity index (χ2v) is 8.40. The van der Waals surface area contributed by atoms with E-state index in [1.54, 1.807) is 25.1 Å². The Morgan fingerprint density at radius 3 is 2.08 bits per heavy atom. The van der Waals surface area contributed by atoms with Gasteiger partial charge in [0.2, 0.25) is 5.91 Å². The molecule has 0 saturated heterocycles. The van der Waals surface area contributed by atoms with Gasteiger partial charge in [-0.25, -0.2) is 0 Å². The lowest BCUT2D eigenvalue weighted by atomic mass is 9.49. The summed E-state index contributed by atoms with van der Waals surface area (Å²) in [6.45, 7) is 0. The summed E-state index contributed by atoms with van der Waals surface area (Å²) < 4.78 is 0.